The largest absolute Gasteiger partial charge is 0.418 e. The fraction of sp³-hybridized carbons (Fsp3) is 0.455. The van der Waals surface area contributed by atoms with E-state index in [0.29, 0.717) is 31.2 Å². The number of alkyl halides is 3. The molecule has 0 spiro atoms. The van der Waals surface area contributed by atoms with Crippen molar-refractivity contribution in [2.24, 2.45) is 0 Å². The Labute approximate surface area is 115 Å². The summed E-state index contributed by atoms with van der Waals surface area (Å²) < 4.78 is 38.5. The molecule has 0 atom stereocenters. The molecule has 0 aliphatic carbocycles. The second-order valence-corrected chi connectivity index (χ2v) is 4.33. The molecular weight excluding hydrogens is 288 g/mol. The monoisotopic (exact) mass is 300 g/mol. The third-order valence-corrected chi connectivity index (χ3v) is 2.96. The average Bonchev–Trinajstić information content (AvgIpc) is 2.28. The molecule has 0 unspecified atom stereocenters. The van der Waals surface area contributed by atoms with Gasteiger partial charge in [0.2, 0.25) is 0 Å². The van der Waals surface area contributed by atoms with Crippen molar-refractivity contribution >= 4 is 29.7 Å². The zero-order valence-corrected chi connectivity index (χ0v) is 11.0. The van der Waals surface area contributed by atoms with Crippen molar-refractivity contribution in [3.63, 3.8) is 0 Å². The van der Waals surface area contributed by atoms with Crippen LogP contribution in [0.2, 0.25) is 5.02 Å². The Bertz CT molecular complexity index is 404. The number of anilines is 1. The van der Waals surface area contributed by atoms with Gasteiger partial charge >= 0.3 is 6.18 Å². The Morgan fingerprint density at radius 2 is 1.78 bits per heavy atom. The highest BCUT2D eigenvalue weighted by Gasteiger charge is 2.35. The second kappa shape index (κ2) is 5.99. The molecule has 7 heteroatoms. The average molecular weight is 301 g/mol. The SMILES string of the molecule is Cl.FC(F)(F)c1ccc(Cl)cc1N1CCNCC1. The van der Waals surface area contributed by atoms with E-state index in [2.05, 4.69) is 5.32 Å². The lowest BCUT2D eigenvalue weighted by Crippen LogP contribution is -2.44. The molecule has 1 N–H and O–H groups in total. The summed E-state index contributed by atoms with van der Waals surface area (Å²) in [5.74, 6) is 0. The van der Waals surface area contributed by atoms with Crippen molar-refractivity contribution < 1.29 is 13.2 Å². The van der Waals surface area contributed by atoms with E-state index in [0.717, 1.165) is 6.07 Å². The molecule has 1 heterocycles. The van der Waals surface area contributed by atoms with Crippen molar-refractivity contribution in [2.45, 2.75) is 6.18 Å². The van der Waals surface area contributed by atoms with Crippen molar-refractivity contribution in [3.05, 3.63) is 28.8 Å². The minimum absolute atomic E-state index is 0. The van der Waals surface area contributed by atoms with Crippen molar-refractivity contribution in [2.75, 3.05) is 31.1 Å². The topological polar surface area (TPSA) is 15.3 Å². The number of piperazine rings is 1. The van der Waals surface area contributed by atoms with Gasteiger partial charge in [0.1, 0.15) is 0 Å². The maximum atomic E-state index is 12.8. The summed E-state index contributed by atoms with van der Waals surface area (Å²) in [6.45, 7) is 2.49. The summed E-state index contributed by atoms with van der Waals surface area (Å²) in [5.41, 5.74) is -0.449. The van der Waals surface area contributed by atoms with Crippen LogP contribution in [0, 0.1) is 0 Å². The number of nitrogens with one attached hydrogen (secondary N) is 1. The number of benzene rings is 1. The first kappa shape index (κ1) is 15.4. The van der Waals surface area contributed by atoms with Crippen molar-refractivity contribution in [1.82, 2.24) is 5.32 Å². The molecule has 1 saturated heterocycles. The number of halogens is 5. The number of nitrogens with zero attached hydrogens (tertiary/aromatic N) is 1. The third-order valence-electron chi connectivity index (χ3n) is 2.72. The molecule has 0 radical (unpaired) electrons. The van der Waals surface area contributed by atoms with Gasteiger partial charge in [0.15, 0.2) is 0 Å². The highest BCUT2D eigenvalue weighted by Crippen LogP contribution is 2.38. The summed E-state index contributed by atoms with van der Waals surface area (Å²) in [7, 11) is 0. The minimum Gasteiger partial charge on any atom is -0.368 e. The Balaban J connectivity index is 0.00000162. The molecule has 2 nitrogen and oxygen atoms in total. The zero-order chi connectivity index (χ0) is 12.5. The zero-order valence-electron chi connectivity index (χ0n) is 9.43. The van der Waals surface area contributed by atoms with Gasteiger partial charge in [-0.15, -0.1) is 12.4 Å². The predicted octanol–water partition coefficient (Wildman–Crippen LogP) is 3.19. The Morgan fingerprint density at radius 1 is 1.17 bits per heavy atom. The Hall–Kier alpha value is -0.650. The maximum absolute atomic E-state index is 12.8. The van der Waals surface area contributed by atoms with Crippen LogP contribution in [0.3, 0.4) is 0 Å². The Kier molecular flexibility index (Phi) is 5.13. The molecule has 18 heavy (non-hydrogen) atoms. The van der Waals surface area contributed by atoms with E-state index in [1.807, 2.05) is 0 Å². The van der Waals surface area contributed by atoms with Crippen LogP contribution in [0.15, 0.2) is 18.2 Å². The quantitative estimate of drug-likeness (QED) is 0.857. The van der Waals surface area contributed by atoms with Crippen LogP contribution in [-0.2, 0) is 6.18 Å². The van der Waals surface area contributed by atoms with E-state index in [4.69, 9.17) is 11.6 Å². The molecule has 0 bridgehead atoms. The van der Waals surface area contributed by atoms with Gasteiger partial charge in [0.25, 0.3) is 0 Å². The Morgan fingerprint density at radius 3 is 2.33 bits per heavy atom. The van der Waals surface area contributed by atoms with Crippen LogP contribution in [-0.4, -0.2) is 26.2 Å². The van der Waals surface area contributed by atoms with Crippen molar-refractivity contribution in [1.29, 1.82) is 0 Å². The lowest BCUT2D eigenvalue weighted by atomic mass is 10.1. The fourth-order valence-corrected chi connectivity index (χ4v) is 2.08. The molecule has 1 aliphatic rings. The molecule has 1 fully saturated rings. The summed E-state index contributed by atoms with van der Waals surface area (Å²) in [5, 5.41) is 3.43. The molecule has 1 aromatic rings. The van der Waals surface area contributed by atoms with Crippen LogP contribution in [0.4, 0.5) is 18.9 Å². The van der Waals surface area contributed by atoms with E-state index in [-0.39, 0.29) is 18.1 Å². The predicted molar refractivity (Wildman–Crippen MR) is 68.8 cm³/mol. The first-order valence-corrected chi connectivity index (χ1v) is 5.69. The van der Waals surface area contributed by atoms with E-state index < -0.39 is 11.7 Å². The van der Waals surface area contributed by atoms with Crippen LogP contribution in [0.5, 0.6) is 0 Å². The molecule has 102 valence electrons. The van der Waals surface area contributed by atoms with E-state index in [9.17, 15) is 13.2 Å². The summed E-state index contributed by atoms with van der Waals surface area (Å²) in [6, 6.07) is 3.70. The lowest BCUT2D eigenvalue weighted by molar-refractivity contribution is -0.137. The summed E-state index contributed by atoms with van der Waals surface area (Å²) >= 11 is 5.78. The smallest absolute Gasteiger partial charge is 0.368 e. The van der Waals surface area contributed by atoms with Gasteiger partial charge in [-0.3, -0.25) is 0 Å². The van der Waals surface area contributed by atoms with E-state index >= 15 is 0 Å². The number of hydrogen-bond donors (Lipinski definition) is 1. The van der Waals surface area contributed by atoms with E-state index in [1.165, 1.54) is 12.1 Å². The van der Waals surface area contributed by atoms with Gasteiger partial charge in [-0.05, 0) is 18.2 Å². The van der Waals surface area contributed by atoms with Gasteiger partial charge in [-0.2, -0.15) is 13.2 Å². The molecule has 1 aromatic carbocycles. The highest BCUT2D eigenvalue weighted by atomic mass is 35.5. The molecular formula is C11H13Cl2F3N2. The van der Waals surface area contributed by atoms with Crippen LogP contribution >= 0.6 is 24.0 Å². The maximum Gasteiger partial charge on any atom is 0.418 e. The lowest BCUT2D eigenvalue weighted by Gasteiger charge is -2.31. The molecule has 0 saturated carbocycles. The molecule has 2 rings (SSSR count). The van der Waals surface area contributed by atoms with E-state index in [1.54, 1.807) is 4.90 Å². The normalized spacial score (nSPS) is 16.3. The number of hydrogen-bond acceptors (Lipinski definition) is 2. The first-order valence-electron chi connectivity index (χ1n) is 5.31. The minimum atomic E-state index is -4.34. The van der Waals surface area contributed by atoms with Gasteiger partial charge in [0, 0.05) is 31.2 Å². The highest BCUT2D eigenvalue weighted by molar-refractivity contribution is 6.30. The second-order valence-electron chi connectivity index (χ2n) is 3.90. The van der Waals surface area contributed by atoms with Gasteiger partial charge in [-0.1, -0.05) is 11.6 Å². The number of rotatable bonds is 1. The van der Waals surface area contributed by atoms with Gasteiger partial charge in [0.05, 0.1) is 11.3 Å². The molecule has 1 aliphatic heterocycles. The van der Waals surface area contributed by atoms with Crippen LogP contribution < -0.4 is 10.2 Å². The molecule has 0 amide bonds. The van der Waals surface area contributed by atoms with Gasteiger partial charge in [-0.25, -0.2) is 0 Å². The van der Waals surface area contributed by atoms with Crippen LogP contribution in [0.25, 0.3) is 0 Å². The summed E-state index contributed by atoms with van der Waals surface area (Å²) in [6.07, 6.45) is -4.34. The third kappa shape index (κ3) is 3.43. The molecule has 0 aromatic heterocycles. The standard InChI is InChI=1S/C11H12ClF3N2.ClH/c12-8-1-2-9(11(13,14)15)10(7-8)17-5-3-16-4-6-17;/h1-2,7,16H,3-6H2;1H. The fourth-order valence-electron chi connectivity index (χ4n) is 1.91. The first-order chi connectivity index (χ1) is 7.98. The van der Waals surface area contributed by atoms with Crippen LogP contribution in [0.1, 0.15) is 5.56 Å². The summed E-state index contributed by atoms with van der Waals surface area (Å²) in [4.78, 5) is 1.71. The van der Waals surface area contributed by atoms with Gasteiger partial charge < -0.3 is 10.2 Å². The van der Waals surface area contributed by atoms with Crippen molar-refractivity contribution in [3.8, 4) is 0 Å².